The van der Waals surface area contributed by atoms with Gasteiger partial charge in [-0.15, -0.1) is 10.2 Å². The van der Waals surface area contributed by atoms with Crippen molar-refractivity contribution in [3.8, 4) is 17.2 Å². The number of nitrogens with one attached hydrogen (secondary N) is 1. The van der Waals surface area contributed by atoms with Gasteiger partial charge < -0.3 is 20.5 Å². The summed E-state index contributed by atoms with van der Waals surface area (Å²) in [5, 5.41) is 11.3. The minimum atomic E-state index is -0.592. The van der Waals surface area contributed by atoms with Crippen LogP contribution in [0.1, 0.15) is 10.4 Å². The van der Waals surface area contributed by atoms with Crippen LogP contribution >= 0.6 is 11.8 Å². The molecule has 0 spiro atoms. The lowest BCUT2D eigenvalue weighted by Gasteiger charge is -2.11. The molecule has 0 aliphatic rings. The number of amides is 2. The molecule has 0 aliphatic heterocycles. The molecule has 29 heavy (non-hydrogen) atoms. The average Bonchev–Trinajstić information content (AvgIpc) is 3.21. The molecule has 0 saturated carbocycles. The summed E-state index contributed by atoms with van der Waals surface area (Å²) in [6.07, 6.45) is 1.57. The van der Waals surface area contributed by atoms with E-state index in [2.05, 4.69) is 15.5 Å². The van der Waals surface area contributed by atoms with Crippen LogP contribution in [0.15, 0.2) is 53.9 Å². The van der Waals surface area contributed by atoms with Crippen molar-refractivity contribution in [1.82, 2.24) is 14.8 Å². The van der Waals surface area contributed by atoms with E-state index in [0.29, 0.717) is 16.6 Å². The predicted octanol–water partition coefficient (Wildman–Crippen LogP) is 2.11. The summed E-state index contributed by atoms with van der Waals surface area (Å²) in [5.41, 5.74) is 6.78. The van der Waals surface area contributed by atoms with Crippen molar-refractivity contribution in [3.63, 3.8) is 0 Å². The van der Waals surface area contributed by atoms with E-state index in [1.165, 1.54) is 31.0 Å². The van der Waals surface area contributed by atoms with Crippen molar-refractivity contribution in [3.05, 3.63) is 54.4 Å². The minimum absolute atomic E-state index is 0.0821. The van der Waals surface area contributed by atoms with Crippen molar-refractivity contribution < 1.29 is 19.1 Å². The van der Waals surface area contributed by atoms with Gasteiger partial charge in [0.25, 0.3) is 0 Å². The highest BCUT2D eigenvalue weighted by atomic mass is 32.2. The lowest BCUT2D eigenvalue weighted by Crippen LogP contribution is -2.17. The van der Waals surface area contributed by atoms with Crippen LogP contribution in [0.25, 0.3) is 5.69 Å². The van der Waals surface area contributed by atoms with Crippen LogP contribution < -0.4 is 20.5 Å². The number of carbonyl (C=O) groups is 2. The van der Waals surface area contributed by atoms with Gasteiger partial charge in [0.15, 0.2) is 5.16 Å². The molecule has 3 N–H and O–H groups in total. The zero-order valence-electron chi connectivity index (χ0n) is 15.8. The second-order valence-electron chi connectivity index (χ2n) is 5.80. The normalized spacial score (nSPS) is 10.4. The van der Waals surface area contributed by atoms with Crippen LogP contribution in [0.3, 0.4) is 0 Å². The van der Waals surface area contributed by atoms with Crippen LogP contribution in [0, 0.1) is 0 Å². The number of aromatic nitrogens is 3. The zero-order chi connectivity index (χ0) is 20.8. The van der Waals surface area contributed by atoms with E-state index >= 15 is 0 Å². The fraction of sp³-hybridized carbons (Fsp3) is 0.158. The Morgan fingerprint density at radius 2 is 1.90 bits per heavy atom. The first-order chi connectivity index (χ1) is 14.0. The molecule has 0 saturated heterocycles. The summed E-state index contributed by atoms with van der Waals surface area (Å²) in [4.78, 5) is 23.8. The number of methoxy groups -OCH3 is 2. The third-order valence-corrected chi connectivity index (χ3v) is 4.90. The van der Waals surface area contributed by atoms with E-state index in [4.69, 9.17) is 15.2 Å². The molecule has 2 aromatic carbocycles. The fourth-order valence-electron chi connectivity index (χ4n) is 2.52. The van der Waals surface area contributed by atoms with E-state index < -0.39 is 5.91 Å². The Bertz CT molecular complexity index is 1020. The van der Waals surface area contributed by atoms with Crippen LogP contribution in [0.2, 0.25) is 0 Å². The topological polar surface area (TPSA) is 121 Å². The van der Waals surface area contributed by atoms with Gasteiger partial charge in [-0.1, -0.05) is 11.8 Å². The first-order valence-corrected chi connectivity index (χ1v) is 9.45. The number of rotatable bonds is 8. The third kappa shape index (κ3) is 4.85. The van der Waals surface area contributed by atoms with Crippen LogP contribution in [-0.2, 0) is 4.79 Å². The van der Waals surface area contributed by atoms with Crippen LogP contribution in [0.5, 0.6) is 11.5 Å². The number of ether oxygens (including phenoxy) is 2. The Balaban J connectivity index is 1.68. The van der Waals surface area contributed by atoms with Crippen LogP contribution in [0.4, 0.5) is 5.69 Å². The van der Waals surface area contributed by atoms with E-state index in [1.807, 2.05) is 24.3 Å². The average molecular weight is 413 g/mol. The van der Waals surface area contributed by atoms with E-state index in [1.54, 1.807) is 24.1 Å². The lowest BCUT2D eigenvalue weighted by molar-refractivity contribution is -0.113. The van der Waals surface area contributed by atoms with Gasteiger partial charge in [-0.3, -0.25) is 14.2 Å². The van der Waals surface area contributed by atoms with Crippen molar-refractivity contribution in [1.29, 1.82) is 0 Å². The van der Waals surface area contributed by atoms with E-state index in [0.717, 1.165) is 11.4 Å². The molecule has 1 heterocycles. The summed E-state index contributed by atoms with van der Waals surface area (Å²) in [7, 11) is 3.07. The number of hydrogen-bond acceptors (Lipinski definition) is 7. The molecule has 10 heteroatoms. The molecule has 150 valence electrons. The predicted molar refractivity (Wildman–Crippen MR) is 109 cm³/mol. The lowest BCUT2D eigenvalue weighted by atomic mass is 10.1. The molecule has 0 aliphatic carbocycles. The number of nitrogens with zero attached hydrogens (tertiary/aromatic N) is 3. The monoisotopic (exact) mass is 413 g/mol. The standard InChI is InChI=1S/C19H19N5O4S/c1-27-14-6-4-13(5-7-14)24-11-21-23-19(24)29-10-17(25)22-15-9-12(18(20)26)3-8-16(15)28-2/h3-9,11H,10H2,1-2H3,(H2,20,26)(H,22,25). The Labute approximate surface area is 171 Å². The maximum absolute atomic E-state index is 12.4. The van der Waals surface area contributed by atoms with Gasteiger partial charge >= 0.3 is 0 Å². The number of nitrogens with two attached hydrogens (primary N) is 1. The number of hydrogen-bond donors (Lipinski definition) is 2. The molecule has 2 amide bonds. The van der Waals surface area contributed by atoms with Gasteiger partial charge in [-0.2, -0.15) is 0 Å². The van der Waals surface area contributed by atoms with Crippen molar-refractivity contribution in [2.24, 2.45) is 5.73 Å². The van der Waals surface area contributed by atoms with Crippen molar-refractivity contribution in [2.45, 2.75) is 5.16 Å². The van der Waals surface area contributed by atoms with Crippen molar-refractivity contribution >= 4 is 29.3 Å². The molecular weight excluding hydrogens is 394 g/mol. The largest absolute Gasteiger partial charge is 0.497 e. The van der Waals surface area contributed by atoms with Gasteiger partial charge in [0.1, 0.15) is 17.8 Å². The summed E-state index contributed by atoms with van der Waals surface area (Å²) >= 11 is 1.22. The smallest absolute Gasteiger partial charge is 0.248 e. The van der Waals surface area contributed by atoms with Crippen molar-refractivity contribution in [2.75, 3.05) is 25.3 Å². The summed E-state index contributed by atoms with van der Waals surface area (Å²) in [6.45, 7) is 0. The Morgan fingerprint density at radius 1 is 1.14 bits per heavy atom. The SMILES string of the molecule is COc1ccc(-n2cnnc2SCC(=O)Nc2cc(C(N)=O)ccc2OC)cc1. The van der Waals surface area contributed by atoms with Gasteiger partial charge in [-0.05, 0) is 42.5 Å². The number of anilines is 1. The maximum Gasteiger partial charge on any atom is 0.248 e. The van der Waals surface area contributed by atoms with Crippen LogP contribution in [-0.4, -0.2) is 46.6 Å². The molecule has 1 aromatic heterocycles. The number of carbonyl (C=O) groups excluding carboxylic acids is 2. The Hall–Kier alpha value is -3.53. The van der Waals surface area contributed by atoms with E-state index in [-0.39, 0.29) is 17.2 Å². The summed E-state index contributed by atoms with van der Waals surface area (Å²) < 4.78 is 12.1. The molecule has 0 bridgehead atoms. The molecule has 0 fully saturated rings. The number of thioether (sulfide) groups is 1. The molecule has 0 unspecified atom stereocenters. The van der Waals surface area contributed by atoms with Gasteiger partial charge in [0.05, 0.1) is 25.7 Å². The van der Waals surface area contributed by atoms with Gasteiger partial charge in [-0.25, -0.2) is 0 Å². The first-order valence-electron chi connectivity index (χ1n) is 8.46. The second kappa shape index (κ2) is 9.11. The Kier molecular flexibility index (Phi) is 6.35. The first kappa shape index (κ1) is 20.2. The zero-order valence-corrected chi connectivity index (χ0v) is 16.6. The number of primary amides is 1. The Morgan fingerprint density at radius 3 is 2.55 bits per heavy atom. The van der Waals surface area contributed by atoms with Gasteiger partial charge in [0, 0.05) is 11.3 Å². The second-order valence-corrected chi connectivity index (χ2v) is 6.74. The van der Waals surface area contributed by atoms with E-state index in [9.17, 15) is 9.59 Å². The number of benzene rings is 2. The maximum atomic E-state index is 12.4. The quantitative estimate of drug-likeness (QED) is 0.543. The summed E-state index contributed by atoms with van der Waals surface area (Å²) in [5.74, 6) is 0.361. The highest BCUT2D eigenvalue weighted by Crippen LogP contribution is 2.26. The summed E-state index contributed by atoms with van der Waals surface area (Å²) in [6, 6.07) is 12.0. The highest BCUT2D eigenvalue weighted by Gasteiger charge is 2.14. The fourth-order valence-corrected chi connectivity index (χ4v) is 3.25. The molecule has 0 radical (unpaired) electrons. The highest BCUT2D eigenvalue weighted by molar-refractivity contribution is 7.99. The molecular formula is C19H19N5O4S. The molecule has 3 rings (SSSR count). The molecule has 9 nitrogen and oxygen atoms in total. The molecule has 3 aromatic rings. The minimum Gasteiger partial charge on any atom is -0.497 e. The van der Waals surface area contributed by atoms with Gasteiger partial charge in [0.2, 0.25) is 11.8 Å². The third-order valence-electron chi connectivity index (χ3n) is 3.96. The molecule has 0 atom stereocenters.